The van der Waals surface area contributed by atoms with E-state index >= 15 is 0 Å². The lowest BCUT2D eigenvalue weighted by Crippen LogP contribution is -2.44. The van der Waals surface area contributed by atoms with Crippen molar-refractivity contribution < 1.29 is 17.9 Å². The van der Waals surface area contributed by atoms with Gasteiger partial charge < -0.3 is 5.11 Å². The number of aryl methyl sites for hydroxylation is 1. The molecule has 1 aromatic carbocycles. The number of aliphatic hydroxyl groups excluding tert-OH is 1. The van der Waals surface area contributed by atoms with Crippen molar-refractivity contribution >= 4 is 10.0 Å². The average Bonchev–Trinajstić information content (AvgIpc) is 2.49. The molecule has 118 valence electrons. The summed E-state index contributed by atoms with van der Waals surface area (Å²) in [7, 11) is -3.67. The van der Waals surface area contributed by atoms with E-state index in [4.69, 9.17) is 0 Å². The second-order valence-corrected chi connectivity index (χ2v) is 7.73. The molecule has 0 spiro atoms. The first-order valence-electron chi connectivity index (χ1n) is 7.22. The van der Waals surface area contributed by atoms with Crippen molar-refractivity contribution in [2.24, 2.45) is 5.41 Å². The van der Waals surface area contributed by atoms with Gasteiger partial charge in [0.15, 0.2) is 0 Å². The van der Waals surface area contributed by atoms with Gasteiger partial charge in [0.25, 0.3) is 0 Å². The largest absolute Gasteiger partial charge is 0.396 e. The monoisotopic (exact) mass is 315 g/mol. The number of aliphatic hydroxyl groups is 1. The van der Waals surface area contributed by atoms with Crippen molar-refractivity contribution in [2.75, 3.05) is 19.7 Å². The van der Waals surface area contributed by atoms with Gasteiger partial charge in [-0.2, -0.15) is 4.31 Å². The van der Waals surface area contributed by atoms with Gasteiger partial charge in [-0.05, 0) is 49.3 Å². The minimum absolute atomic E-state index is 0.0375. The van der Waals surface area contributed by atoms with Gasteiger partial charge in [0.2, 0.25) is 10.0 Å². The second-order valence-electron chi connectivity index (χ2n) is 5.83. The predicted octanol–water partition coefficient (Wildman–Crippen LogP) is 2.31. The summed E-state index contributed by atoms with van der Waals surface area (Å²) in [6.45, 7) is 4.49. The summed E-state index contributed by atoms with van der Waals surface area (Å²) < 4.78 is 40.1. The molecule has 0 saturated carbocycles. The first-order chi connectivity index (χ1) is 9.84. The lowest BCUT2D eigenvalue weighted by atomic mass is 9.77. The Bertz CT molecular complexity index is 601. The molecule has 21 heavy (non-hydrogen) atoms. The van der Waals surface area contributed by atoms with Crippen LogP contribution in [0.15, 0.2) is 23.1 Å². The molecule has 0 aromatic heterocycles. The van der Waals surface area contributed by atoms with Crippen LogP contribution in [0.5, 0.6) is 0 Å². The maximum Gasteiger partial charge on any atom is 0.243 e. The Kier molecular flexibility index (Phi) is 4.70. The molecular weight excluding hydrogens is 293 g/mol. The van der Waals surface area contributed by atoms with E-state index in [0.717, 1.165) is 12.5 Å². The molecule has 2 rings (SSSR count). The second kappa shape index (κ2) is 6.02. The normalized spacial score (nSPS) is 19.6. The molecular formula is C15H22FNO3S. The molecule has 1 aromatic rings. The number of nitrogens with zero attached hydrogens (tertiary/aromatic N) is 1. The van der Waals surface area contributed by atoms with Crippen molar-refractivity contribution in [2.45, 2.75) is 38.0 Å². The minimum Gasteiger partial charge on any atom is -0.396 e. The van der Waals surface area contributed by atoms with Crippen LogP contribution in [0.25, 0.3) is 0 Å². The number of hydrogen-bond donors (Lipinski definition) is 1. The van der Waals surface area contributed by atoms with Crippen molar-refractivity contribution in [3.05, 3.63) is 29.6 Å². The molecule has 0 bridgehead atoms. The molecule has 0 radical (unpaired) electrons. The fraction of sp³-hybridized carbons (Fsp3) is 0.600. The Balaban J connectivity index is 2.24. The molecule has 1 aliphatic rings. The summed E-state index contributed by atoms with van der Waals surface area (Å²) in [4.78, 5) is 0.0375. The molecule has 1 N–H and O–H groups in total. The molecule has 1 aliphatic heterocycles. The van der Waals surface area contributed by atoms with Gasteiger partial charge in [-0.3, -0.25) is 0 Å². The maximum atomic E-state index is 13.4. The van der Waals surface area contributed by atoms with Crippen molar-refractivity contribution in [3.63, 3.8) is 0 Å². The molecule has 4 nitrogen and oxygen atoms in total. The Morgan fingerprint density at radius 2 is 1.95 bits per heavy atom. The zero-order valence-corrected chi connectivity index (χ0v) is 13.3. The highest BCUT2D eigenvalue weighted by molar-refractivity contribution is 7.89. The Labute approximate surface area is 125 Å². The van der Waals surface area contributed by atoms with E-state index in [-0.39, 0.29) is 16.9 Å². The van der Waals surface area contributed by atoms with E-state index in [0.29, 0.717) is 31.5 Å². The predicted molar refractivity (Wildman–Crippen MR) is 78.9 cm³/mol. The van der Waals surface area contributed by atoms with Gasteiger partial charge in [-0.25, -0.2) is 12.8 Å². The highest BCUT2D eigenvalue weighted by Gasteiger charge is 2.37. The van der Waals surface area contributed by atoms with Crippen LogP contribution < -0.4 is 0 Å². The molecule has 1 heterocycles. The van der Waals surface area contributed by atoms with E-state index in [1.165, 1.54) is 16.4 Å². The summed E-state index contributed by atoms with van der Waals surface area (Å²) in [5.41, 5.74) is 0.370. The summed E-state index contributed by atoms with van der Waals surface area (Å²) >= 11 is 0. The SMILES string of the molecule is CCC1(CO)CCN(S(=O)(=O)c2cc(F)ccc2C)CC1. The third-order valence-electron chi connectivity index (χ3n) is 4.64. The van der Waals surface area contributed by atoms with E-state index in [2.05, 4.69) is 0 Å². The molecule has 0 amide bonds. The third kappa shape index (κ3) is 3.12. The number of sulfonamides is 1. The number of halogens is 1. The lowest BCUT2D eigenvalue weighted by Gasteiger charge is -2.39. The number of hydrogen-bond acceptors (Lipinski definition) is 3. The maximum absolute atomic E-state index is 13.4. The molecule has 1 saturated heterocycles. The van der Waals surface area contributed by atoms with Crippen LogP contribution in [0.4, 0.5) is 4.39 Å². The summed E-state index contributed by atoms with van der Waals surface area (Å²) in [5.74, 6) is -0.547. The Morgan fingerprint density at radius 1 is 1.33 bits per heavy atom. The van der Waals surface area contributed by atoms with Crippen molar-refractivity contribution in [1.82, 2.24) is 4.31 Å². The first-order valence-corrected chi connectivity index (χ1v) is 8.66. The van der Waals surface area contributed by atoms with Crippen LogP contribution in [0.1, 0.15) is 31.7 Å². The van der Waals surface area contributed by atoms with Gasteiger partial charge in [0.1, 0.15) is 5.82 Å². The quantitative estimate of drug-likeness (QED) is 0.927. The number of piperidine rings is 1. The van der Waals surface area contributed by atoms with Gasteiger partial charge in [-0.15, -0.1) is 0 Å². The Hall–Kier alpha value is -0.980. The lowest BCUT2D eigenvalue weighted by molar-refractivity contribution is 0.0647. The van der Waals surface area contributed by atoms with Gasteiger partial charge in [0, 0.05) is 19.7 Å². The van der Waals surface area contributed by atoms with E-state index in [1.807, 2.05) is 6.92 Å². The van der Waals surface area contributed by atoms with Crippen LogP contribution in [0.3, 0.4) is 0 Å². The van der Waals surface area contributed by atoms with E-state index < -0.39 is 15.8 Å². The van der Waals surface area contributed by atoms with Crippen LogP contribution in [0.2, 0.25) is 0 Å². The van der Waals surface area contributed by atoms with Crippen LogP contribution in [-0.2, 0) is 10.0 Å². The van der Waals surface area contributed by atoms with Crippen molar-refractivity contribution in [1.29, 1.82) is 0 Å². The number of benzene rings is 1. The highest BCUT2D eigenvalue weighted by Crippen LogP contribution is 2.36. The van der Waals surface area contributed by atoms with Gasteiger partial charge in [-0.1, -0.05) is 13.0 Å². The van der Waals surface area contributed by atoms with Crippen LogP contribution in [-0.4, -0.2) is 37.5 Å². The fourth-order valence-corrected chi connectivity index (χ4v) is 4.49. The van der Waals surface area contributed by atoms with Gasteiger partial charge >= 0.3 is 0 Å². The zero-order valence-electron chi connectivity index (χ0n) is 12.5. The van der Waals surface area contributed by atoms with Gasteiger partial charge in [0.05, 0.1) is 4.90 Å². The van der Waals surface area contributed by atoms with Crippen LogP contribution >= 0.6 is 0 Å². The number of rotatable bonds is 4. The highest BCUT2D eigenvalue weighted by atomic mass is 32.2. The standard InChI is InChI=1S/C15H22FNO3S/c1-3-15(11-18)6-8-17(9-7-15)21(19,20)14-10-13(16)5-4-12(14)2/h4-5,10,18H,3,6-9,11H2,1-2H3. The molecule has 1 fully saturated rings. The Morgan fingerprint density at radius 3 is 2.48 bits per heavy atom. The van der Waals surface area contributed by atoms with E-state index in [1.54, 1.807) is 6.92 Å². The molecule has 6 heteroatoms. The summed E-state index contributed by atoms with van der Waals surface area (Å²) in [5, 5.41) is 9.51. The minimum atomic E-state index is -3.67. The zero-order chi connectivity index (χ0) is 15.7. The summed E-state index contributed by atoms with van der Waals surface area (Å²) in [6, 6.07) is 3.83. The third-order valence-corrected chi connectivity index (χ3v) is 6.68. The average molecular weight is 315 g/mol. The topological polar surface area (TPSA) is 57.6 Å². The van der Waals surface area contributed by atoms with Crippen molar-refractivity contribution in [3.8, 4) is 0 Å². The summed E-state index contributed by atoms with van der Waals surface area (Å²) in [6.07, 6.45) is 2.09. The van der Waals surface area contributed by atoms with Crippen LogP contribution in [0, 0.1) is 18.2 Å². The smallest absolute Gasteiger partial charge is 0.243 e. The first kappa shape index (κ1) is 16.4. The molecule has 0 aliphatic carbocycles. The van der Waals surface area contributed by atoms with E-state index in [9.17, 15) is 17.9 Å². The molecule has 0 atom stereocenters. The molecule has 0 unspecified atom stereocenters. The fourth-order valence-electron chi connectivity index (χ4n) is 2.82.